The molecule has 7 heteroatoms. The first kappa shape index (κ1) is 16.9. The summed E-state index contributed by atoms with van der Waals surface area (Å²) in [6.45, 7) is 0.658. The number of aliphatic hydroxyl groups is 1. The lowest BCUT2D eigenvalue weighted by atomic mass is 9.80. The molecule has 0 amide bonds. The van der Waals surface area contributed by atoms with Crippen molar-refractivity contribution in [1.82, 2.24) is 15.0 Å². The number of benzene rings is 1. The Morgan fingerprint density at radius 3 is 2.92 bits per heavy atom. The normalized spacial score (nSPS) is 19.0. The molecule has 2 heterocycles. The summed E-state index contributed by atoms with van der Waals surface area (Å²) in [6.07, 6.45) is 4.86. The van der Waals surface area contributed by atoms with Crippen LogP contribution in [0.25, 0.3) is 10.6 Å². The van der Waals surface area contributed by atoms with Gasteiger partial charge in [0.1, 0.15) is 22.9 Å². The van der Waals surface area contributed by atoms with Crippen molar-refractivity contribution in [2.24, 2.45) is 0 Å². The summed E-state index contributed by atoms with van der Waals surface area (Å²) >= 11 is 1.65. The molecule has 1 aromatic carbocycles. The van der Waals surface area contributed by atoms with Gasteiger partial charge in [0.25, 0.3) is 0 Å². The molecule has 0 aliphatic heterocycles. The van der Waals surface area contributed by atoms with Crippen LogP contribution in [0.2, 0.25) is 0 Å². The Morgan fingerprint density at radius 2 is 2.12 bits per heavy atom. The van der Waals surface area contributed by atoms with Crippen LogP contribution in [-0.4, -0.2) is 33.3 Å². The summed E-state index contributed by atoms with van der Waals surface area (Å²) in [4.78, 5) is 14.3. The third kappa shape index (κ3) is 3.68. The third-order valence-corrected chi connectivity index (χ3v) is 5.58. The van der Waals surface area contributed by atoms with Gasteiger partial charge in [0.05, 0.1) is 19.8 Å². The van der Waals surface area contributed by atoms with Crippen LogP contribution in [0, 0.1) is 0 Å². The topological polar surface area (TPSA) is 80.2 Å². The van der Waals surface area contributed by atoms with Gasteiger partial charge >= 0.3 is 0 Å². The van der Waals surface area contributed by atoms with Gasteiger partial charge in [-0.1, -0.05) is 12.1 Å². The van der Waals surface area contributed by atoms with Crippen molar-refractivity contribution in [1.29, 1.82) is 0 Å². The van der Waals surface area contributed by atoms with Crippen molar-refractivity contribution in [3.05, 3.63) is 53.4 Å². The van der Waals surface area contributed by atoms with Gasteiger partial charge < -0.3 is 15.2 Å². The van der Waals surface area contributed by atoms with Crippen LogP contribution in [0.15, 0.2) is 42.9 Å². The molecule has 0 spiro atoms. The van der Waals surface area contributed by atoms with Gasteiger partial charge in [0.15, 0.2) is 0 Å². The van der Waals surface area contributed by atoms with E-state index in [1.54, 1.807) is 24.8 Å². The van der Waals surface area contributed by atoms with E-state index >= 15 is 0 Å². The van der Waals surface area contributed by atoms with Gasteiger partial charge in [-0.2, -0.15) is 0 Å². The number of anilines is 1. The highest BCUT2D eigenvalue weighted by Crippen LogP contribution is 2.36. The highest BCUT2D eigenvalue weighted by molar-refractivity contribution is 7.15. The second kappa shape index (κ2) is 7.39. The van der Waals surface area contributed by atoms with Gasteiger partial charge in [-0.3, -0.25) is 0 Å². The fraction of sp³-hybridized carbons (Fsp3) is 0.316. The number of aliphatic hydroxyl groups excluding tert-OH is 1. The SMILES string of the molecule is COc1cccc(-c2ncc(CNc3cc(C4CC(O)C4)ncn3)s2)c1. The number of aromatic nitrogens is 3. The highest BCUT2D eigenvalue weighted by Gasteiger charge is 2.29. The molecule has 0 bridgehead atoms. The van der Waals surface area contributed by atoms with Crippen molar-refractivity contribution in [2.45, 2.75) is 31.4 Å². The van der Waals surface area contributed by atoms with Crippen LogP contribution in [0.3, 0.4) is 0 Å². The number of nitrogens with zero attached hydrogens (tertiary/aromatic N) is 3. The average molecular weight is 368 g/mol. The Morgan fingerprint density at radius 1 is 1.23 bits per heavy atom. The van der Waals surface area contributed by atoms with Crippen molar-refractivity contribution in [3.63, 3.8) is 0 Å². The number of hydrogen-bond donors (Lipinski definition) is 2. The summed E-state index contributed by atoms with van der Waals surface area (Å²) in [7, 11) is 1.66. The maximum absolute atomic E-state index is 9.46. The zero-order chi connectivity index (χ0) is 17.9. The lowest BCUT2D eigenvalue weighted by Crippen LogP contribution is -2.27. The van der Waals surface area contributed by atoms with E-state index in [2.05, 4.69) is 20.3 Å². The second-order valence-electron chi connectivity index (χ2n) is 6.37. The Balaban J connectivity index is 1.41. The highest BCUT2D eigenvalue weighted by atomic mass is 32.1. The predicted octanol–water partition coefficient (Wildman–Crippen LogP) is 3.46. The van der Waals surface area contributed by atoms with E-state index in [0.717, 1.165) is 45.6 Å². The molecule has 3 aromatic rings. The van der Waals surface area contributed by atoms with Gasteiger partial charge in [0, 0.05) is 34.3 Å². The quantitative estimate of drug-likeness (QED) is 0.694. The smallest absolute Gasteiger partial charge is 0.129 e. The Hall–Kier alpha value is -2.51. The van der Waals surface area contributed by atoms with E-state index in [1.807, 2.05) is 36.5 Å². The van der Waals surface area contributed by atoms with E-state index in [4.69, 9.17) is 4.74 Å². The maximum Gasteiger partial charge on any atom is 0.129 e. The standard InChI is InChI=1S/C19H20N4O2S/c1-25-15-4-2-3-12(7-15)19-21-10-16(26-19)9-20-18-8-17(22-11-23-18)13-5-14(24)6-13/h2-4,7-8,10-11,13-14,24H,5-6,9H2,1H3,(H,20,22,23). The minimum absolute atomic E-state index is 0.182. The predicted molar refractivity (Wildman–Crippen MR) is 101 cm³/mol. The first-order valence-corrected chi connectivity index (χ1v) is 9.36. The molecule has 0 saturated heterocycles. The Labute approximate surface area is 155 Å². The van der Waals surface area contributed by atoms with Crippen molar-refractivity contribution in [2.75, 3.05) is 12.4 Å². The van der Waals surface area contributed by atoms with Crippen LogP contribution in [0.5, 0.6) is 5.75 Å². The van der Waals surface area contributed by atoms with E-state index in [0.29, 0.717) is 12.5 Å². The largest absolute Gasteiger partial charge is 0.497 e. The third-order valence-electron chi connectivity index (χ3n) is 4.53. The second-order valence-corrected chi connectivity index (χ2v) is 7.48. The summed E-state index contributed by atoms with van der Waals surface area (Å²) in [5.41, 5.74) is 2.04. The van der Waals surface area contributed by atoms with Gasteiger partial charge in [0.2, 0.25) is 0 Å². The van der Waals surface area contributed by atoms with Gasteiger partial charge in [-0.15, -0.1) is 11.3 Å². The first-order chi connectivity index (χ1) is 12.7. The minimum Gasteiger partial charge on any atom is -0.497 e. The lowest BCUT2D eigenvalue weighted by Gasteiger charge is -2.30. The average Bonchev–Trinajstić information content (AvgIpc) is 3.13. The molecule has 26 heavy (non-hydrogen) atoms. The fourth-order valence-corrected chi connectivity index (χ4v) is 3.83. The molecule has 1 aliphatic rings. The van der Waals surface area contributed by atoms with E-state index in [1.165, 1.54) is 0 Å². The number of methoxy groups -OCH3 is 1. The molecule has 1 saturated carbocycles. The van der Waals surface area contributed by atoms with Gasteiger partial charge in [-0.05, 0) is 25.0 Å². The molecule has 1 aliphatic carbocycles. The van der Waals surface area contributed by atoms with Crippen LogP contribution < -0.4 is 10.1 Å². The minimum atomic E-state index is -0.182. The van der Waals surface area contributed by atoms with Crippen LogP contribution in [-0.2, 0) is 6.54 Å². The molecule has 2 aromatic heterocycles. The zero-order valence-corrected chi connectivity index (χ0v) is 15.2. The van der Waals surface area contributed by atoms with Crippen molar-refractivity contribution < 1.29 is 9.84 Å². The van der Waals surface area contributed by atoms with Crippen molar-refractivity contribution >= 4 is 17.2 Å². The number of thiazole rings is 1. The molecule has 2 N–H and O–H groups in total. The maximum atomic E-state index is 9.46. The van der Waals surface area contributed by atoms with Crippen molar-refractivity contribution in [3.8, 4) is 16.3 Å². The summed E-state index contributed by atoms with van der Waals surface area (Å²) in [6, 6.07) is 9.88. The summed E-state index contributed by atoms with van der Waals surface area (Å²) in [5, 5.41) is 13.8. The van der Waals surface area contributed by atoms with E-state index in [9.17, 15) is 5.11 Å². The number of nitrogens with one attached hydrogen (secondary N) is 1. The summed E-state index contributed by atoms with van der Waals surface area (Å²) < 4.78 is 5.27. The Kier molecular flexibility index (Phi) is 4.81. The molecule has 6 nitrogen and oxygen atoms in total. The fourth-order valence-electron chi connectivity index (χ4n) is 2.98. The Bertz CT molecular complexity index is 893. The lowest BCUT2D eigenvalue weighted by molar-refractivity contribution is 0.0732. The van der Waals surface area contributed by atoms with Crippen LogP contribution >= 0.6 is 11.3 Å². The van der Waals surface area contributed by atoms with E-state index in [-0.39, 0.29) is 6.10 Å². The van der Waals surface area contributed by atoms with Gasteiger partial charge in [-0.25, -0.2) is 15.0 Å². The first-order valence-electron chi connectivity index (χ1n) is 8.54. The summed E-state index contributed by atoms with van der Waals surface area (Å²) in [5.74, 6) is 1.97. The molecular weight excluding hydrogens is 348 g/mol. The number of rotatable bonds is 6. The monoisotopic (exact) mass is 368 g/mol. The molecule has 0 atom stereocenters. The molecule has 4 rings (SSSR count). The number of hydrogen-bond acceptors (Lipinski definition) is 7. The van der Waals surface area contributed by atoms with Crippen LogP contribution in [0.4, 0.5) is 5.82 Å². The molecule has 134 valence electrons. The molecular formula is C19H20N4O2S. The molecule has 0 unspecified atom stereocenters. The zero-order valence-electron chi connectivity index (χ0n) is 14.4. The molecule has 0 radical (unpaired) electrons. The number of ether oxygens (including phenoxy) is 1. The van der Waals surface area contributed by atoms with E-state index < -0.39 is 0 Å². The molecule has 1 fully saturated rings. The van der Waals surface area contributed by atoms with Crippen LogP contribution in [0.1, 0.15) is 29.3 Å².